The van der Waals surface area contributed by atoms with Gasteiger partial charge in [0.15, 0.2) is 0 Å². The molecule has 0 aliphatic carbocycles. The van der Waals surface area contributed by atoms with Crippen molar-refractivity contribution in [2.75, 3.05) is 13.2 Å². The van der Waals surface area contributed by atoms with Gasteiger partial charge in [0.2, 0.25) is 0 Å². The number of hydrogen-bond acceptors (Lipinski definition) is 3. The van der Waals surface area contributed by atoms with Crippen molar-refractivity contribution < 1.29 is 5.11 Å². The fraction of sp³-hybridized carbons (Fsp3) is 0.571. The van der Waals surface area contributed by atoms with Crippen LogP contribution in [0.5, 0.6) is 0 Å². The van der Waals surface area contributed by atoms with E-state index in [0.717, 1.165) is 12.1 Å². The molecule has 0 aliphatic rings. The van der Waals surface area contributed by atoms with Crippen LogP contribution in [0.25, 0.3) is 0 Å². The Morgan fingerprint density at radius 1 is 1.73 bits per heavy atom. The monoisotopic (exact) mass is 155 g/mol. The Hall–Kier alpha value is -0.870. The molecule has 0 atom stereocenters. The molecule has 0 radical (unpaired) electrons. The Bertz CT molecular complexity index is 209. The Balaban J connectivity index is 2.27. The predicted molar refractivity (Wildman–Crippen MR) is 42.0 cm³/mol. The van der Waals surface area contributed by atoms with Crippen molar-refractivity contribution in [1.29, 1.82) is 0 Å². The molecular weight excluding hydrogens is 142 g/mol. The van der Waals surface area contributed by atoms with E-state index in [-0.39, 0.29) is 6.61 Å². The smallest absolute Gasteiger partial charge is 0.0556 e. The first-order valence-corrected chi connectivity index (χ1v) is 3.62. The van der Waals surface area contributed by atoms with Gasteiger partial charge in [0, 0.05) is 31.9 Å². The summed E-state index contributed by atoms with van der Waals surface area (Å²) in [7, 11) is 1.88. The molecule has 0 spiro atoms. The second kappa shape index (κ2) is 4.10. The van der Waals surface area contributed by atoms with E-state index in [1.165, 1.54) is 0 Å². The van der Waals surface area contributed by atoms with Crippen molar-refractivity contribution >= 4 is 0 Å². The maximum atomic E-state index is 8.47. The number of aromatic nitrogens is 2. The Kier molecular flexibility index (Phi) is 3.07. The number of hydrogen-bond donors (Lipinski definition) is 2. The summed E-state index contributed by atoms with van der Waals surface area (Å²) in [5, 5.41) is 15.5. The molecule has 0 saturated carbocycles. The highest BCUT2D eigenvalue weighted by Crippen LogP contribution is 1.93. The van der Waals surface area contributed by atoms with E-state index in [9.17, 15) is 0 Å². The van der Waals surface area contributed by atoms with Crippen molar-refractivity contribution in [1.82, 2.24) is 15.1 Å². The standard InChI is InChI=1S/C7H13N3O/c1-10-6-7(5-9-10)4-8-2-3-11/h5-6,8,11H,2-4H2,1H3. The lowest BCUT2D eigenvalue weighted by molar-refractivity contribution is 0.292. The first kappa shape index (κ1) is 8.23. The molecule has 0 fully saturated rings. The average molecular weight is 155 g/mol. The van der Waals surface area contributed by atoms with E-state index >= 15 is 0 Å². The molecule has 4 heteroatoms. The van der Waals surface area contributed by atoms with E-state index in [1.807, 2.05) is 19.4 Å². The summed E-state index contributed by atoms with van der Waals surface area (Å²) >= 11 is 0. The minimum atomic E-state index is 0.181. The number of nitrogens with one attached hydrogen (secondary N) is 1. The Morgan fingerprint density at radius 3 is 3.09 bits per heavy atom. The SMILES string of the molecule is Cn1cc(CNCCO)cn1. The van der Waals surface area contributed by atoms with Crippen LogP contribution in [0, 0.1) is 0 Å². The zero-order valence-electron chi connectivity index (χ0n) is 6.62. The lowest BCUT2D eigenvalue weighted by Crippen LogP contribution is -2.16. The molecule has 0 bridgehead atoms. The quantitative estimate of drug-likeness (QED) is 0.576. The van der Waals surface area contributed by atoms with Crippen LogP contribution in [0.3, 0.4) is 0 Å². The number of rotatable bonds is 4. The summed E-state index contributed by atoms with van der Waals surface area (Å²) in [6, 6.07) is 0. The fourth-order valence-electron chi connectivity index (χ4n) is 0.875. The maximum absolute atomic E-state index is 8.47. The maximum Gasteiger partial charge on any atom is 0.0556 e. The third-order valence-corrected chi connectivity index (χ3v) is 1.38. The molecule has 62 valence electrons. The lowest BCUT2D eigenvalue weighted by atomic mass is 10.3. The van der Waals surface area contributed by atoms with E-state index in [2.05, 4.69) is 10.4 Å². The summed E-state index contributed by atoms with van der Waals surface area (Å²) < 4.78 is 1.76. The second-order valence-electron chi connectivity index (χ2n) is 2.42. The van der Waals surface area contributed by atoms with Crippen molar-refractivity contribution in [3.05, 3.63) is 18.0 Å². The van der Waals surface area contributed by atoms with Crippen LogP contribution in [0.1, 0.15) is 5.56 Å². The van der Waals surface area contributed by atoms with Gasteiger partial charge in [0.1, 0.15) is 0 Å². The van der Waals surface area contributed by atoms with Crippen LogP contribution in [-0.4, -0.2) is 28.0 Å². The largest absolute Gasteiger partial charge is 0.395 e. The highest BCUT2D eigenvalue weighted by molar-refractivity contribution is 5.02. The van der Waals surface area contributed by atoms with Gasteiger partial charge in [-0.3, -0.25) is 4.68 Å². The summed E-state index contributed by atoms with van der Waals surface area (Å²) in [5.41, 5.74) is 1.14. The van der Waals surface area contributed by atoms with Crippen LogP contribution in [0.15, 0.2) is 12.4 Å². The molecule has 0 unspecified atom stereocenters. The van der Waals surface area contributed by atoms with Crippen LogP contribution in [-0.2, 0) is 13.6 Å². The van der Waals surface area contributed by atoms with Gasteiger partial charge in [0.25, 0.3) is 0 Å². The third-order valence-electron chi connectivity index (χ3n) is 1.38. The van der Waals surface area contributed by atoms with E-state index < -0.39 is 0 Å². The Morgan fingerprint density at radius 2 is 2.55 bits per heavy atom. The minimum absolute atomic E-state index is 0.181. The van der Waals surface area contributed by atoms with E-state index in [4.69, 9.17) is 5.11 Å². The molecule has 0 aromatic carbocycles. The van der Waals surface area contributed by atoms with Crippen LogP contribution in [0.4, 0.5) is 0 Å². The van der Waals surface area contributed by atoms with Crippen LogP contribution in [0.2, 0.25) is 0 Å². The molecule has 0 aliphatic heterocycles. The molecule has 1 heterocycles. The number of aliphatic hydroxyl groups excluding tert-OH is 1. The summed E-state index contributed by atoms with van der Waals surface area (Å²) in [4.78, 5) is 0. The number of aryl methyl sites for hydroxylation is 1. The van der Waals surface area contributed by atoms with Gasteiger partial charge >= 0.3 is 0 Å². The molecule has 0 amide bonds. The van der Waals surface area contributed by atoms with E-state index in [0.29, 0.717) is 6.54 Å². The van der Waals surface area contributed by atoms with Crippen molar-refractivity contribution in [2.45, 2.75) is 6.54 Å². The fourth-order valence-corrected chi connectivity index (χ4v) is 0.875. The van der Waals surface area contributed by atoms with Gasteiger partial charge in [-0.2, -0.15) is 5.10 Å². The first-order valence-electron chi connectivity index (χ1n) is 3.62. The molecule has 11 heavy (non-hydrogen) atoms. The second-order valence-corrected chi connectivity index (χ2v) is 2.42. The molecular formula is C7H13N3O. The summed E-state index contributed by atoms with van der Waals surface area (Å²) in [6.45, 7) is 1.59. The van der Waals surface area contributed by atoms with Crippen molar-refractivity contribution in [2.24, 2.45) is 7.05 Å². The van der Waals surface area contributed by atoms with Gasteiger partial charge in [-0.15, -0.1) is 0 Å². The van der Waals surface area contributed by atoms with E-state index in [1.54, 1.807) is 4.68 Å². The van der Waals surface area contributed by atoms with Crippen molar-refractivity contribution in [3.63, 3.8) is 0 Å². The number of nitrogens with zero attached hydrogens (tertiary/aromatic N) is 2. The predicted octanol–water partition coefficient (Wildman–Crippen LogP) is -0.498. The molecule has 1 aromatic heterocycles. The van der Waals surface area contributed by atoms with Gasteiger partial charge in [-0.1, -0.05) is 0 Å². The summed E-state index contributed by atoms with van der Waals surface area (Å²) in [6.07, 6.45) is 3.76. The Labute approximate surface area is 65.8 Å². The number of aliphatic hydroxyl groups is 1. The van der Waals surface area contributed by atoms with Crippen LogP contribution < -0.4 is 5.32 Å². The molecule has 1 rings (SSSR count). The van der Waals surface area contributed by atoms with Gasteiger partial charge in [-0.05, 0) is 0 Å². The molecule has 1 aromatic rings. The zero-order valence-corrected chi connectivity index (χ0v) is 6.62. The summed E-state index contributed by atoms with van der Waals surface area (Å²) in [5.74, 6) is 0. The molecule has 4 nitrogen and oxygen atoms in total. The highest BCUT2D eigenvalue weighted by Gasteiger charge is 1.93. The van der Waals surface area contributed by atoms with Gasteiger partial charge < -0.3 is 10.4 Å². The molecule has 0 saturated heterocycles. The highest BCUT2D eigenvalue weighted by atomic mass is 16.3. The lowest BCUT2D eigenvalue weighted by Gasteiger charge is -1.97. The average Bonchev–Trinajstić information content (AvgIpc) is 2.37. The third kappa shape index (κ3) is 2.69. The topological polar surface area (TPSA) is 50.1 Å². The van der Waals surface area contributed by atoms with Gasteiger partial charge in [-0.25, -0.2) is 0 Å². The first-order chi connectivity index (χ1) is 5.33. The normalized spacial score (nSPS) is 10.4. The molecule has 2 N–H and O–H groups in total. The van der Waals surface area contributed by atoms with Crippen LogP contribution >= 0.6 is 0 Å². The van der Waals surface area contributed by atoms with Crippen molar-refractivity contribution in [3.8, 4) is 0 Å². The zero-order chi connectivity index (χ0) is 8.10. The minimum Gasteiger partial charge on any atom is -0.395 e. The van der Waals surface area contributed by atoms with Gasteiger partial charge in [0.05, 0.1) is 12.8 Å².